The molecule has 2 atom stereocenters. The minimum atomic E-state index is -1.01. The number of β-amino-alcohol motifs (C(OH)–C–C–N with tert-alkyl or cyclic N) is 1. The molecule has 8 heteroatoms. The van der Waals surface area contributed by atoms with Crippen molar-refractivity contribution in [2.75, 3.05) is 20.3 Å². The molecule has 1 amide bonds. The highest BCUT2D eigenvalue weighted by Gasteiger charge is 2.46. The number of alkyl carbamates (subject to hydrolysis) is 1. The summed E-state index contributed by atoms with van der Waals surface area (Å²) < 4.78 is 38.3. The van der Waals surface area contributed by atoms with Crippen LogP contribution in [0.2, 0.25) is 0 Å². The molecule has 0 aliphatic heterocycles. The van der Waals surface area contributed by atoms with Crippen molar-refractivity contribution < 1.29 is 28.2 Å². The van der Waals surface area contributed by atoms with Crippen LogP contribution in [0.1, 0.15) is 79.2 Å². The maximum absolute atomic E-state index is 13.8. The summed E-state index contributed by atoms with van der Waals surface area (Å²) in [6.07, 6.45) is 5.37. The van der Waals surface area contributed by atoms with Gasteiger partial charge < -0.3 is 25.2 Å². The summed E-state index contributed by atoms with van der Waals surface area (Å²) >= 11 is 0. The van der Waals surface area contributed by atoms with Crippen molar-refractivity contribution in [3.8, 4) is 0 Å². The number of nitrogens with one attached hydrogen (secondary N) is 2. The SMILES string of the molecule is CC/C=C(\CCC(C)(C)COC)C1(NCC(O)C(Cc2cc(F)cc(F)c2)NC(=O)OC(C)(C)C)CC1. The zero-order valence-electron chi connectivity index (χ0n) is 23.5. The van der Waals surface area contributed by atoms with Crippen LogP contribution in [0, 0.1) is 17.0 Å². The first-order valence-corrected chi connectivity index (χ1v) is 13.2. The molecular formula is C29H46F2N2O4. The average Bonchev–Trinajstić information content (AvgIpc) is 3.53. The number of benzene rings is 1. The highest BCUT2D eigenvalue weighted by molar-refractivity contribution is 5.68. The van der Waals surface area contributed by atoms with Crippen LogP contribution in [-0.2, 0) is 15.9 Å². The number of allylic oxidation sites excluding steroid dienone is 1. The fourth-order valence-electron chi connectivity index (χ4n) is 4.62. The monoisotopic (exact) mass is 524 g/mol. The van der Waals surface area contributed by atoms with Crippen molar-refractivity contribution in [3.63, 3.8) is 0 Å². The molecule has 0 saturated heterocycles. The third-order valence-corrected chi connectivity index (χ3v) is 6.62. The van der Waals surface area contributed by atoms with Gasteiger partial charge in [-0.2, -0.15) is 0 Å². The Balaban J connectivity index is 2.13. The van der Waals surface area contributed by atoms with E-state index in [4.69, 9.17) is 9.47 Å². The summed E-state index contributed by atoms with van der Waals surface area (Å²) in [5, 5.41) is 17.4. The fraction of sp³-hybridized carbons (Fsp3) is 0.690. The van der Waals surface area contributed by atoms with E-state index in [9.17, 15) is 18.7 Å². The van der Waals surface area contributed by atoms with Gasteiger partial charge in [0.2, 0.25) is 0 Å². The predicted molar refractivity (Wildman–Crippen MR) is 142 cm³/mol. The van der Waals surface area contributed by atoms with Crippen LogP contribution in [0.4, 0.5) is 13.6 Å². The van der Waals surface area contributed by atoms with Crippen LogP contribution >= 0.6 is 0 Å². The van der Waals surface area contributed by atoms with Crippen LogP contribution in [0.15, 0.2) is 29.8 Å². The molecule has 0 aromatic heterocycles. The van der Waals surface area contributed by atoms with Crippen LogP contribution in [0.3, 0.4) is 0 Å². The van der Waals surface area contributed by atoms with Crippen molar-refractivity contribution in [3.05, 3.63) is 47.0 Å². The molecule has 6 nitrogen and oxygen atoms in total. The van der Waals surface area contributed by atoms with E-state index >= 15 is 0 Å². The second kappa shape index (κ2) is 13.2. The summed E-state index contributed by atoms with van der Waals surface area (Å²) in [7, 11) is 1.72. The lowest BCUT2D eigenvalue weighted by molar-refractivity contribution is 0.0420. The largest absolute Gasteiger partial charge is 0.444 e. The Kier molecular flexibility index (Phi) is 11.1. The second-order valence-electron chi connectivity index (χ2n) is 12.0. The molecule has 2 unspecified atom stereocenters. The van der Waals surface area contributed by atoms with Crippen LogP contribution in [0.5, 0.6) is 0 Å². The average molecular weight is 525 g/mol. The van der Waals surface area contributed by atoms with Crippen molar-refractivity contribution >= 4 is 6.09 Å². The zero-order chi connectivity index (χ0) is 27.9. The number of rotatable bonds is 14. The summed E-state index contributed by atoms with van der Waals surface area (Å²) in [6, 6.07) is 2.40. The first-order chi connectivity index (χ1) is 17.2. The molecule has 1 aromatic rings. The number of carbonyl (C=O) groups is 1. The van der Waals surface area contributed by atoms with E-state index in [-0.39, 0.29) is 23.9 Å². The molecule has 0 spiro atoms. The van der Waals surface area contributed by atoms with Crippen molar-refractivity contribution in [2.45, 2.75) is 103 Å². The Bertz CT molecular complexity index is 903. The van der Waals surface area contributed by atoms with E-state index in [0.717, 1.165) is 38.2 Å². The normalized spacial score (nSPS) is 17.3. The third-order valence-electron chi connectivity index (χ3n) is 6.62. The number of halogens is 2. The molecule has 210 valence electrons. The van der Waals surface area contributed by atoms with Crippen molar-refractivity contribution in [1.29, 1.82) is 0 Å². The van der Waals surface area contributed by atoms with Gasteiger partial charge >= 0.3 is 6.09 Å². The van der Waals surface area contributed by atoms with E-state index in [1.807, 2.05) is 0 Å². The summed E-state index contributed by atoms with van der Waals surface area (Å²) in [4.78, 5) is 12.5. The molecule has 1 aliphatic carbocycles. The van der Waals surface area contributed by atoms with E-state index in [1.165, 1.54) is 17.7 Å². The number of aliphatic hydroxyl groups is 1. The Labute approximate surface area is 221 Å². The van der Waals surface area contributed by atoms with Crippen LogP contribution in [0.25, 0.3) is 0 Å². The minimum Gasteiger partial charge on any atom is -0.444 e. The summed E-state index contributed by atoms with van der Waals surface area (Å²) in [5.74, 6) is -1.41. The number of amides is 1. The number of ether oxygens (including phenoxy) is 2. The molecule has 1 fully saturated rings. The van der Waals surface area contributed by atoms with Crippen LogP contribution in [-0.4, -0.2) is 54.7 Å². The molecule has 0 bridgehead atoms. The van der Waals surface area contributed by atoms with Gasteiger partial charge in [-0.3, -0.25) is 0 Å². The summed E-state index contributed by atoms with van der Waals surface area (Å²) in [6.45, 7) is 12.6. The van der Waals surface area contributed by atoms with E-state index < -0.39 is 35.5 Å². The molecule has 1 saturated carbocycles. The van der Waals surface area contributed by atoms with Gasteiger partial charge in [-0.15, -0.1) is 0 Å². The fourth-order valence-corrected chi connectivity index (χ4v) is 4.62. The molecule has 3 N–H and O–H groups in total. The third kappa shape index (κ3) is 10.7. The number of hydrogen-bond donors (Lipinski definition) is 3. The van der Waals surface area contributed by atoms with Gasteiger partial charge in [0.25, 0.3) is 0 Å². The number of methoxy groups -OCH3 is 1. The van der Waals surface area contributed by atoms with E-state index in [0.29, 0.717) is 12.2 Å². The Morgan fingerprint density at radius 2 is 1.78 bits per heavy atom. The first-order valence-electron chi connectivity index (χ1n) is 13.2. The maximum Gasteiger partial charge on any atom is 0.407 e. The molecular weight excluding hydrogens is 478 g/mol. The molecule has 1 aromatic carbocycles. The second-order valence-corrected chi connectivity index (χ2v) is 12.0. The Hall–Kier alpha value is -2.03. The topological polar surface area (TPSA) is 79.8 Å². The summed E-state index contributed by atoms with van der Waals surface area (Å²) in [5.41, 5.74) is 0.819. The highest BCUT2D eigenvalue weighted by atomic mass is 19.1. The van der Waals surface area contributed by atoms with Gasteiger partial charge in [-0.05, 0) is 82.4 Å². The van der Waals surface area contributed by atoms with Gasteiger partial charge in [0.1, 0.15) is 17.2 Å². The molecule has 1 aliphatic rings. The van der Waals surface area contributed by atoms with Gasteiger partial charge in [0, 0.05) is 25.3 Å². The van der Waals surface area contributed by atoms with Crippen molar-refractivity contribution in [2.24, 2.45) is 5.41 Å². The standard InChI is InChI=1S/C29H46F2N2O4/c1-8-9-21(10-11-28(5,6)19-36-7)29(12-13-29)32-18-25(34)24(33-26(35)37-27(2,3)4)16-20-14-22(30)17-23(31)15-20/h9,14-15,17,24-25,32,34H,8,10-13,16,18-19H2,1-7H3,(H,33,35)/b21-9+. The van der Waals surface area contributed by atoms with Gasteiger partial charge in [0.05, 0.1) is 18.8 Å². The smallest absolute Gasteiger partial charge is 0.407 e. The quantitative estimate of drug-likeness (QED) is 0.273. The Morgan fingerprint density at radius 3 is 2.30 bits per heavy atom. The predicted octanol–water partition coefficient (Wildman–Crippen LogP) is 5.67. The first kappa shape index (κ1) is 31.2. The Morgan fingerprint density at radius 1 is 1.16 bits per heavy atom. The van der Waals surface area contributed by atoms with Crippen LogP contribution < -0.4 is 10.6 Å². The molecule has 0 radical (unpaired) electrons. The molecule has 37 heavy (non-hydrogen) atoms. The minimum absolute atomic E-state index is 0.0482. The van der Waals surface area contributed by atoms with E-state index in [1.54, 1.807) is 27.9 Å². The lowest BCUT2D eigenvalue weighted by Crippen LogP contribution is -2.51. The number of carbonyl (C=O) groups excluding carboxylic acids is 1. The number of aliphatic hydroxyl groups excluding tert-OH is 1. The van der Waals surface area contributed by atoms with Gasteiger partial charge in [-0.1, -0.05) is 32.4 Å². The zero-order valence-corrected chi connectivity index (χ0v) is 23.5. The maximum atomic E-state index is 13.8. The highest BCUT2D eigenvalue weighted by Crippen LogP contribution is 2.45. The molecule has 0 heterocycles. The van der Waals surface area contributed by atoms with Gasteiger partial charge in [-0.25, -0.2) is 13.6 Å². The van der Waals surface area contributed by atoms with E-state index in [2.05, 4.69) is 37.5 Å². The van der Waals surface area contributed by atoms with Crippen molar-refractivity contribution in [1.82, 2.24) is 10.6 Å². The molecule has 2 rings (SSSR count). The lowest BCUT2D eigenvalue weighted by Gasteiger charge is -2.30. The number of hydrogen-bond acceptors (Lipinski definition) is 5. The lowest BCUT2D eigenvalue weighted by atomic mass is 9.84. The van der Waals surface area contributed by atoms with Gasteiger partial charge in [0.15, 0.2) is 0 Å².